The third-order valence-corrected chi connectivity index (χ3v) is 5.49. The molecular weight excluding hydrogens is 380 g/mol. The van der Waals surface area contributed by atoms with E-state index in [-0.39, 0.29) is 11.8 Å². The molecule has 1 aliphatic heterocycles. The molecular formula is C22H26N6O2. The van der Waals surface area contributed by atoms with Gasteiger partial charge in [0, 0.05) is 50.2 Å². The van der Waals surface area contributed by atoms with E-state index in [1.54, 1.807) is 16.6 Å². The fraction of sp³-hybridized carbons (Fsp3) is 0.364. The first-order chi connectivity index (χ1) is 14.4. The van der Waals surface area contributed by atoms with Gasteiger partial charge >= 0.3 is 0 Å². The minimum absolute atomic E-state index is 0.0892. The number of amides is 2. The molecule has 0 saturated heterocycles. The third kappa shape index (κ3) is 3.72. The largest absolute Gasteiger partial charge is 0.359 e. The van der Waals surface area contributed by atoms with Gasteiger partial charge in [0.1, 0.15) is 0 Å². The predicted octanol–water partition coefficient (Wildman–Crippen LogP) is 1.77. The number of nitrogens with one attached hydrogen (secondary N) is 1. The van der Waals surface area contributed by atoms with Crippen LogP contribution in [0, 0.1) is 13.8 Å². The third-order valence-electron chi connectivity index (χ3n) is 5.49. The van der Waals surface area contributed by atoms with Crippen LogP contribution in [0.15, 0.2) is 36.5 Å². The SMILES string of the molecule is CNC(=O)[C@H]1CN(C(=O)c2cccc(Cn3nc(C)cc3C)c2)Cc2cn(C)nc21. The van der Waals surface area contributed by atoms with Gasteiger partial charge in [0.15, 0.2) is 0 Å². The van der Waals surface area contributed by atoms with Gasteiger partial charge in [-0.25, -0.2) is 0 Å². The molecule has 30 heavy (non-hydrogen) atoms. The molecule has 1 aliphatic rings. The van der Waals surface area contributed by atoms with Crippen LogP contribution in [0.3, 0.4) is 0 Å². The Morgan fingerprint density at radius 2 is 2.00 bits per heavy atom. The van der Waals surface area contributed by atoms with E-state index in [0.717, 1.165) is 28.2 Å². The molecule has 0 radical (unpaired) electrons. The minimum Gasteiger partial charge on any atom is -0.359 e. The Morgan fingerprint density at radius 1 is 1.20 bits per heavy atom. The summed E-state index contributed by atoms with van der Waals surface area (Å²) in [5.74, 6) is -0.693. The zero-order valence-electron chi connectivity index (χ0n) is 17.7. The maximum absolute atomic E-state index is 13.3. The van der Waals surface area contributed by atoms with Gasteiger partial charge in [-0.1, -0.05) is 12.1 Å². The van der Waals surface area contributed by atoms with E-state index in [0.29, 0.717) is 25.2 Å². The Labute approximate surface area is 175 Å². The van der Waals surface area contributed by atoms with Crippen LogP contribution in [0.25, 0.3) is 0 Å². The van der Waals surface area contributed by atoms with Crippen molar-refractivity contribution >= 4 is 11.8 Å². The van der Waals surface area contributed by atoms with E-state index in [1.807, 2.05) is 62.1 Å². The normalized spacial score (nSPS) is 15.7. The summed E-state index contributed by atoms with van der Waals surface area (Å²) < 4.78 is 3.63. The molecule has 0 bridgehead atoms. The molecule has 8 nitrogen and oxygen atoms in total. The number of hydrogen-bond donors (Lipinski definition) is 1. The molecule has 4 rings (SSSR count). The summed E-state index contributed by atoms with van der Waals surface area (Å²) in [5, 5.41) is 11.6. The Bertz CT molecular complexity index is 1110. The first-order valence-electron chi connectivity index (χ1n) is 9.99. The van der Waals surface area contributed by atoms with Crippen molar-refractivity contribution in [2.45, 2.75) is 32.9 Å². The molecule has 0 unspecified atom stereocenters. The second kappa shape index (κ2) is 7.78. The van der Waals surface area contributed by atoms with Crippen LogP contribution in [0.2, 0.25) is 0 Å². The highest BCUT2D eigenvalue weighted by Crippen LogP contribution is 2.28. The van der Waals surface area contributed by atoms with E-state index < -0.39 is 5.92 Å². The topological polar surface area (TPSA) is 85.0 Å². The highest BCUT2D eigenvalue weighted by atomic mass is 16.2. The average Bonchev–Trinajstić information content (AvgIpc) is 3.26. The van der Waals surface area contributed by atoms with Crippen molar-refractivity contribution in [3.63, 3.8) is 0 Å². The molecule has 3 heterocycles. The van der Waals surface area contributed by atoms with E-state index in [2.05, 4.69) is 15.5 Å². The van der Waals surface area contributed by atoms with Crippen LogP contribution < -0.4 is 5.32 Å². The summed E-state index contributed by atoms with van der Waals surface area (Å²) >= 11 is 0. The van der Waals surface area contributed by atoms with Gasteiger partial charge in [0.25, 0.3) is 5.91 Å². The number of rotatable bonds is 4. The smallest absolute Gasteiger partial charge is 0.254 e. The fourth-order valence-electron chi connectivity index (χ4n) is 4.08. The lowest BCUT2D eigenvalue weighted by atomic mass is 9.95. The van der Waals surface area contributed by atoms with Gasteiger partial charge in [0.05, 0.1) is 23.9 Å². The quantitative estimate of drug-likeness (QED) is 0.716. The molecule has 1 aromatic carbocycles. The number of aromatic nitrogens is 4. The molecule has 0 fully saturated rings. The van der Waals surface area contributed by atoms with Crippen LogP contribution in [-0.2, 0) is 24.9 Å². The predicted molar refractivity (Wildman–Crippen MR) is 112 cm³/mol. The molecule has 0 spiro atoms. The standard InChI is InChI=1S/C22H26N6O2/c1-14-8-15(2)28(24-14)10-16-6-5-7-17(9-16)22(30)27-12-18-11-26(4)25-20(18)19(13-27)21(29)23-3/h5-9,11,19H,10,12-13H2,1-4H3,(H,23,29)/t19-/m0/s1. The highest BCUT2D eigenvalue weighted by molar-refractivity contribution is 5.95. The summed E-state index contributed by atoms with van der Waals surface area (Å²) in [7, 11) is 3.43. The van der Waals surface area contributed by atoms with Gasteiger partial charge in [-0.15, -0.1) is 0 Å². The zero-order valence-corrected chi connectivity index (χ0v) is 17.7. The number of nitrogens with zero attached hydrogens (tertiary/aromatic N) is 5. The molecule has 0 saturated carbocycles. The van der Waals surface area contributed by atoms with Gasteiger partial charge in [0.2, 0.25) is 5.91 Å². The van der Waals surface area contributed by atoms with Crippen LogP contribution >= 0.6 is 0 Å². The molecule has 0 aliphatic carbocycles. The van der Waals surface area contributed by atoms with Crippen LogP contribution in [-0.4, -0.2) is 49.9 Å². The van der Waals surface area contributed by atoms with Crippen molar-refractivity contribution < 1.29 is 9.59 Å². The Balaban J connectivity index is 1.58. The maximum Gasteiger partial charge on any atom is 0.254 e. The Hall–Kier alpha value is -3.42. The molecule has 3 aromatic rings. The lowest BCUT2D eigenvalue weighted by Gasteiger charge is -2.31. The van der Waals surface area contributed by atoms with Crippen molar-refractivity contribution in [1.29, 1.82) is 0 Å². The van der Waals surface area contributed by atoms with Crippen molar-refractivity contribution in [2.75, 3.05) is 13.6 Å². The van der Waals surface area contributed by atoms with Crippen LogP contribution in [0.4, 0.5) is 0 Å². The number of benzene rings is 1. The molecule has 2 aromatic heterocycles. The number of carbonyl (C=O) groups excluding carboxylic acids is 2. The van der Waals surface area contributed by atoms with Crippen LogP contribution in [0.1, 0.15) is 44.5 Å². The van der Waals surface area contributed by atoms with Gasteiger partial charge < -0.3 is 10.2 Å². The van der Waals surface area contributed by atoms with E-state index >= 15 is 0 Å². The van der Waals surface area contributed by atoms with Crippen molar-refractivity contribution in [3.05, 3.63) is 70.3 Å². The Kier molecular flexibility index (Phi) is 5.15. The molecule has 156 valence electrons. The summed E-state index contributed by atoms with van der Waals surface area (Å²) in [6.45, 7) is 5.35. The second-order valence-corrected chi connectivity index (χ2v) is 7.85. The molecule has 1 N–H and O–H groups in total. The summed E-state index contributed by atoms with van der Waals surface area (Å²) in [5.41, 5.74) is 5.33. The van der Waals surface area contributed by atoms with E-state index in [1.165, 1.54) is 0 Å². The highest BCUT2D eigenvalue weighted by Gasteiger charge is 2.35. The zero-order chi connectivity index (χ0) is 21.4. The number of hydrogen-bond acceptors (Lipinski definition) is 4. The average molecular weight is 406 g/mol. The second-order valence-electron chi connectivity index (χ2n) is 7.85. The lowest BCUT2D eigenvalue weighted by Crippen LogP contribution is -2.43. The molecule has 2 amide bonds. The Morgan fingerprint density at radius 3 is 2.70 bits per heavy atom. The first-order valence-corrected chi connectivity index (χ1v) is 9.99. The summed E-state index contributed by atoms with van der Waals surface area (Å²) in [4.78, 5) is 27.4. The summed E-state index contributed by atoms with van der Waals surface area (Å²) in [6, 6.07) is 9.65. The summed E-state index contributed by atoms with van der Waals surface area (Å²) in [6.07, 6.45) is 1.88. The molecule has 1 atom stereocenters. The number of fused-ring (bicyclic) bond motifs is 1. The van der Waals surface area contributed by atoms with Crippen molar-refractivity contribution in [2.24, 2.45) is 7.05 Å². The van der Waals surface area contributed by atoms with Crippen LogP contribution in [0.5, 0.6) is 0 Å². The first kappa shape index (κ1) is 19.9. The lowest BCUT2D eigenvalue weighted by molar-refractivity contribution is -0.122. The monoisotopic (exact) mass is 406 g/mol. The fourth-order valence-corrected chi connectivity index (χ4v) is 4.08. The minimum atomic E-state index is -0.471. The number of carbonyl (C=O) groups is 2. The van der Waals surface area contributed by atoms with Gasteiger partial charge in [-0.3, -0.25) is 19.0 Å². The van der Waals surface area contributed by atoms with E-state index in [4.69, 9.17) is 0 Å². The van der Waals surface area contributed by atoms with Crippen molar-refractivity contribution in [1.82, 2.24) is 29.8 Å². The number of likely N-dealkylation sites (N-methyl/N-ethyl adjacent to an activating group) is 1. The van der Waals surface area contributed by atoms with E-state index in [9.17, 15) is 9.59 Å². The molecule has 8 heteroatoms. The maximum atomic E-state index is 13.3. The van der Waals surface area contributed by atoms with Gasteiger partial charge in [-0.2, -0.15) is 10.2 Å². The number of aryl methyl sites for hydroxylation is 3. The van der Waals surface area contributed by atoms with Gasteiger partial charge in [-0.05, 0) is 37.6 Å². The van der Waals surface area contributed by atoms with Crippen molar-refractivity contribution in [3.8, 4) is 0 Å².